The fourth-order valence-corrected chi connectivity index (χ4v) is 3.16. The first-order chi connectivity index (χ1) is 12.6. The number of hydrogen-bond acceptors (Lipinski definition) is 6. The first-order valence-electron chi connectivity index (χ1n) is 8.15. The van der Waals surface area contributed by atoms with Gasteiger partial charge in [-0.25, -0.2) is 0 Å². The van der Waals surface area contributed by atoms with E-state index in [-0.39, 0.29) is 0 Å². The molecule has 1 atom stereocenters. The van der Waals surface area contributed by atoms with Crippen molar-refractivity contribution in [2.24, 2.45) is 5.73 Å². The predicted octanol–water partition coefficient (Wildman–Crippen LogP) is 2.69. The van der Waals surface area contributed by atoms with Crippen LogP contribution in [0.25, 0.3) is 17.1 Å². The SMILES string of the molecule is CCOc1ccc(-n2c(SC(C)C(N)=O)nnc2-c2ccncc2)cc1. The van der Waals surface area contributed by atoms with Gasteiger partial charge < -0.3 is 10.5 Å². The standard InChI is InChI=1S/C18H19N5O2S/c1-3-25-15-6-4-14(5-7-15)23-17(13-8-10-20-11-9-13)21-22-18(23)26-12(2)16(19)24/h4-12H,3H2,1-2H3,(H2,19,24). The van der Waals surface area contributed by atoms with E-state index in [2.05, 4.69) is 15.2 Å². The number of ether oxygens (including phenoxy) is 1. The maximum atomic E-state index is 11.5. The Hall–Kier alpha value is -2.87. The largest absolute Gasteiger partial charge is 0.494 e. The van der Waals surface area contributed by atoms with E-state index in [1.54, 1.807) is 19.3 Å². The highest BCUT2D eigenvalue weighted by molar-refractivity contribution is 8.00. The maximum Gasteiger partial charge on any atom is 0.230 e. The lowest BCUT2D eigenvalue weighted by atomic mass is 10.2. The highest BCUT2D eigenvalue weighted by atomic mass is 32.2. The highest BCUT2D eigenvalue weighted by Crippen LogP contribution is 2.30. The average molecular weight is 369 g/mol. The summed E-state index contributed by atoms with van der Waals surface area (Å²) < 4.78 is 7.40. The Kier molecular flexibility index (Phi) is 5.52. The summed E-state index contributed by atoms with van der Waals surface area (Å²) in [5, 5.41) is 8.75. The van der Waals surface area contributed by atoms with Crippen LogP contribution in [0.3, 0.4) is 0 Å². The van der Waals surface area contributed by atoms with Gasteiger partial charge >= 0.3 is 0 Å². The maximum absolute atomic E-state index is 11.5. The molecule has 0 saturated heterocycles. The molecule has 2 aromatic heterocycles. The van der Waals surface area contributed by atoms with Crippen molar-refractivity contribution in [1.82, 2.24) is 19.7 Å². The van der Waals surface area contributed by atoms with Crippen LogP contribution in [0.4, 0.5) is 0 Å². The van der Waals surface area contributed by atoms with Crippen molar-refractivity contribution < 1.29 is 9.53 Å². The molecule has 1 aromatic carbocycles. The van der Waals surface area contributed by atoms with Crippen molar-refractivity contribution in [3.63, 3.8) is 0 Å². The molecule has 8 heteroatoms. The van der Waals surface area contributed by atoms with Crippen LogP contribution in [0.2, 0.25) is 0 Å². The zero-order valence-electron chi connectivity index (χ0n) is 14.5. The first kappa shape index (κ1) is 17.9. The van der Waals surface area contributed by atoms with Crippen LogP contribution in [0.1, 0.15) is 13.8 Å². The van der Waals surface area contributed by atoms with E-state index in [0.717, 1.165) is 17.0 Å². The molecule has 1 amide bonds. The van der Waals surface area contributed by atoms with E-state index in [1.165, 1.54) is 11.8 Å². The molecule has 134 valence electrons. The second-order valence-corrected chi connectivity index (χ2v) is 6.77. The molecule has 3 aromatic rings. The van der Waals surface area contributed by atoms with Gasteiger partial charge in [-0.05, 0) is 50.2 Å². The highest BCUT2D eigenvalue weighted by Gasteiger charge is 2.20. The number of carbonyl (C=O) groups excluding carboxylic acids is 1. The zero-order valence-corrected chi connectivity index (χ0v) is 15.3. The molecule has 1 unspecified atom stereocenters. The third kappa shape index (κ3) is 3.85. The summed E-state index contributed by atoms with van der Waals surface area (Å²) >= 11 is 1.27. The number of primary amides is 1. The Morgan fingerprint density at radius 3 is 2.50 bits per heavy atom. The Bertz CT molecular complexity index is 880. The summed E-state index contributed by atoms with van der Waals surface area (Å²) in [4.78, 5) is 15.5. The number of nitrogens with two attached hydrogens (primary N) is 1. The molecule has 0 radical (unpaired) electrons. The number of hydrogen-bond donors (Lipinski definition) is 1. The van der Waals surface area contributed by atoms with Gasteiger partial charge in [-0.3, -0.25) is 14.3 Å². The number of aromatic nitrogens is 4. The van der Waals surface area contributed by atoms with Crippen molar-refractivity contribution in [2.75, 3.05) is 6.61 Å². The predicted molar refractivity (Wildman–Crippen MR) is 100 cm³/mol. The van der Waals surface area contributed by atoms with Crippen LogP contribution in [-0.2, 0) is 4.79 Å². The smallest absolute Gasteiger partial charge is 0.230 e. The Balaban J connectivity index is 2.06. The molecular weight excluding hydrogens is 350 g/mol. The molecular formula is C18H19N5O2S. The molecule has 0 spiro atoms. The van der Waals surface area contributed by atoms with E-state index < -0.39 is 11.2 Å². The van der Waals surface area contributed by atoms with Crippen molar-refractivity contribution in [2.45, 2.75) is 24.3 Å². The molecule has 3 rings (SSSR count). The van der Waals surface area contributed by atoms with Crippen LogP contribution in [0.5, 0.6) is 5.75 Å². The topological polar surface area (TPSA) is 95.9 Å². The summed E-state index contributed by atoms with van der Waals surface area (Å²) in [5.74, 6) is 1.05. The number of rotatable bonds is 7. The molecule has 0 bridgehead atoms. The molecule has 0 saturated carbocycles. The molecule has 0 aliphatic rings. The van der Waals surface area contributed by atoms with Gasteiger partial charge in [0.2, 0.25) is 5.91 Å². The minimum absolute atomic E-state index is 0.401. The molecule has 0 aliphatic heterocycles. The molecule has 2 N–H and O–H groups in total. The van der Waals surface area contributed by atoms with Gasteiger partial charge in [0, 0.05) is 23.6 Å². The summed E-state index contributed by atoms with van der Waals surface area (Å²) in [6.07, 6.45) is 3.40. The van der Waals surface area contributed by atoms with Gasteiger partial charge in [-0.1, -0.05) is 11.8 Å². The number of pyridine rings is 1. The van der Waals surface area contributed by atoms with Gasteiger partial charge in [0.25, 0.3) is 0 Å². The lowest BCUT2D eigenvalue weighted by Gasteiger charge is -2.12. The molecule has 0 fully saturated rings. The van der Waals surface area contributed by atoms with Gasteiger partial charge in [-0.15, -0.1) is 10.2 Å². The zero-order chi connectivity index (χ0) is 18.5. The van der Waals surface area contributed by atoms with Crippen molar-refractivity contribution in [3.8, 4) is 22.8 Å². The second-order valence-electron chi connectivity index (χ2n) is 5.47. The number of nitrogens with zero attached hydrogens (tertiary/aromatic N) is 4. The van der Waals surface area contributed by atoms with E-state index in [4.69, 9.17) is 10.5 Å². The second kappa shape index (κ2) is 8.01. The van der Waals surface area contributed by atoms with Gasteiger partial charge in [0.15, 0.2) is 11.0 Å². The third-order valence-corrected chi connectivity index (χ3v) is 4.72. The summed E-state index contributed by atoms with van der Waals surface area (Å²) in [5.41, 5.74) is 7.14. The summed E-state index contributed by atoms with van der Waals surface area (Å²) in [7, 11) is 0. The Morgan fingerprint density at radius 1 is 1.19 bits per heavy atom. The lowest BCUT2D eigenvalue weighted by Crippen LogP contribution is -2.23. The van der Waals surface area contributed by atoms with Crippen molar-refractivity contribution in [1.29, 1.82) is 0 Å². The fraction of sp³-hybridized carbons (Fsp3) is 0.222. The molecule has 26 heavy (non-hydrogen) atoms. The van der Waals surface area contributed by atoms with E-state index in [9.17, 15) is 4.79 Å². The number of benzene rings is 1. The van der Waals surface area contributed by atoms with Crippen molar-refractivity contribution >= 4 is 17.7 Å². The number of carbonyl (C=O) groups is 1. The van der Waals surface area contributed by atoms with Gasteiger partial charge in [0.1, 0.15) is 5.75 Å². The quantitative estimate of drug-likeness (QED) is 0.643. The van der Waals surface area contributed by atoms with Crippen molar-refractivity contribution in [3.05, 3.63) is 48.8 Å². The van der Waals surface area contributed by atoms with Gasteiger partial charge in [-0.2, -0.15) is 0 Å². The third-order valence-electron chi connectivity index (χ3n) is 3.66. The Morgan fingerprint density at radius 2 is 1.88 bits per heavy atom. The normalized spacial score (nSPS) is 11.9. The lowest BCUT2D eigenvalue weighted by molar-refractivity contribution is -0.117. The fourth-order valence-electron chi connectivity index (χ4n) is 2.34. The molecule has 2 heterocycles. The van der Waals surface area contributed by atoms with E-state index in [1.807, 2.05) is 47.9 Å². The van der Waals surface area contributed by atoms with Crippen LogP contribution in [0, 0.1) is 0 Å². The van der Waals surface area contributed by atoms with E-state index in [0.29, 0.717) is 17.6 Å². The number of amides is 1. The van der Waals surface area contributed by atoms with Crippen LogP contribution in [0.15, 0.2) is 53.9 Å². The number of thioether (sulfide) groups is 1. The van der Waals surface area contributed by atoms with Crippen LogP contribution < -0.4 is 10.5 Å². The van der Waals surface area contributed by atoms with E-state index >= 15 is 0 Å². The van der Waals surface area contributed by atoms with Gasteiger partial charge in [0.05, 0.1) is 11.9 Å². The minimum Gasteiger partial charge on any atom is -0.494 e. The molecule has 0 aliphatic carbocycles. The van der Waals surface area contributed by atoms with Crippen LogP contribution >= 0.6 is 11.8 Å². The average Bonchev–Trinajstić information content (AvgIpc) is 3.07. The molecule has 7 nitrogen and oxygen atoms in total. The summed E-state index contributed by atoms with van der Waals surface area (Å²) in [6, 6.07) is 11.4. The Labute approximate surface area is 155 Å². The summed E-state index contributed by atoms with van der Waals surface area (Å²) in [6.45, 7) is 4.29. The minimum atomic E-state index is -0.425. The monoisotopic (exact) mass is 369 g/mol. The van der Waals surface area contributed by atoms with Crippen LogP contribution in [-0.4, -0.2) is 37.5 Å². The first-order valence-corrected chi connectivity index (χ1v) is 9.03.